The summed E-state index contributed by atoms with van der Waals surface area (Å²) in [5, 5.41) is 0. The molecular formula is C19H25N3O2. The molecule has 5 heteroatoms. The first-order chi connectivity index (χ1) is 11.6. The number of anilines is 1. The topological polar surface area (TPSA) is 49.6 Å². The van der Waals surface area contributed by atoms with Crippen LogP contribution < -0.4 is 4.90 Å². The van der Waals surface area contributed by atoms with Gasteiger partial charge in [-0.3, -0.25) is 4.79 Å². The highest BCUT2D eigenvalue weighted by Crippen LogP contribution is 2.18. The first-order valence-corrected chi connectivity index (χ1v) is 8.65. The van der Waals surface area contributed by atoms with E-state index in [-0.39, 0.29) is 5.91 Å². The molecule has 0 unspecified atom stereocenters. The molecule has 0 aliphatic carbocycles. The summed E-state index contributed by atoms with van der Waals surface area (Å²) in [6, 6.07) is 7.65. The number of pyridine rings is 1. The Morgan fingerprint density at radius 2 is 1.92 bits per heavy atom. The summed E-state index contributed by atoms with van der Waals surface area (Å²) in [6.07, 6.45) is 6.71. The second kappa shape index (κ2) is 7.51. The predicted octanol–water partition coefficient (Wildman–Crippen LogP) is 3.64. The summed E-state index contributed by atoms with van der Waals surface area (Å²) in [4.78, 5) is 21.0. The van der Waals surface area contributed by atoms with Crippen molar-refractivity contribution in [2.75, 3.05) is 25.0 Å². The molecule has 1 amide bonds. The van der Waals surface area contributed by atoms with Crippen LogP contribution in [0.4, 0.5) is 5.82 Å². The minimum Gasteiger partial charge on any atom is -0.464 e. The lowest BCUT2D eigenvalue weighted by molar-refractivity contribution is 0.0774. The molecule has 5 nitrogen and oxygen atoms in total. The Hall–Kier alpha value is -2.30. The van der Waals surface area contributed by atoms with E-state index in [4.69, 9.17) is 4.42 Å². The molecule has 128 valence electrons. The van der Waals surface area contributed by atoms with Crippen molar-refractivity contribution >= 4 is 11.7 Å². The van der Waals surface area contributed by atoms with Crippen LogP contribution in [0.25, 0.3) is 0 Å². The van der Waals surface area contributed by atoms with Gasteiger partial charge in [0.25, 0.3) is 5.91 Å². The van der Waals surface area contributed by atoms with E-state index in [9.17, 15) is 4.79 Å². The van der Waals surface area contributed by atoms with Crippen LogP contribution in [0.2, 0.25) is 0 Å². The van der Waals surface area contributed by atoms with Crippen molar-refractivity contribution in [2.45, 2.75) is 39.2 Å². The molecular weight excluding hydrogens is 302 g/mol. The lowest BCUT2D eigenvalue weighted by Crippen LogP contribution is -2.27. The van der Waals surface area contributed by atoms with Crippen LogP contribution in [-0.2, 0) is 6.54 Å². The molecule has 3 rings (SSSR count). The number of aromatic nitrogens is 1. The van der Waals surface area contributed by atoms with Crippen LogP contribution in [0.15, 0.2) is 34.9 Å². The Morgan fingerprint density at radius 3 is 2.50 bits per heavy atom. The van der Waals surface area contributed by atoms with Crippen LogP contribution in [0.5, 0.6) is 0 Å². The van der Waals surface area contributed by atoms with Crippen LogP contribution in [0, 0.1) is 6.92 Å². The van der Waals surface area contributed by atoms with E-state index in [1.165, 1.54) is 25.7 Å². The Kier molecular flexibility index (Phi) is 5.18. The maximum atomic E-state index is 12.5. The summed E-state index contributed by atoms with van der Waals surface area (Å²) in [7, 11) is 1.78. The number of nitrogens with zero attached hydrogens (tertiary/aromatic N) is 3. The Labute approximate surface area is 143 Å². The molecule has 0 N–H and O–H groups in total. The van der Waals surface area contributed by atoms with E-state index in [2.05, 4.69) is 9.88 Å². The zero-order valence-electron chi connectivity index (χ0n) is 14.5. The van der Waals surface area contributed by atoms with Crippen LogP contribution in [0.3, 0.4) is 0 Å². The maximum Gasteiger partial charge on any atom is 0.255 e. The van der Waals surface area contributed by atoms with E-state index in [0.29, 0.717) is 12.1 Å². The third-order valence-corrected chi connectivity index (χ3v) is 4.46. The zero-order chi connectivity index (χ0) is 16.9. The number of furan rings is 1. The summed E-state index contributed by atoms with van der Waals surface area (Å²) in [6.45, 7) is 4.47. The van der Waals surface area contributed by atoms with Gasteiger partial charge in [0.2, 0.25) is 0 Å². The molecule has 0 bridgehead atoms. The van der Waals surface area contributed by atoms with E-state index in [0.717, 1.165) is 30.4 Å². The maximum absolute atomic E-state index is 12.5. The standard InChI is InChI=1S/C19H25N3O2/c1-15-7-9-17(24-15)14-21(2)19(23)16-8-10-18(20-13-16)22-11-5-3-4-6-12-22/h7-10,13H,3-6,11-12,14H2,1-2H3. The van der Waals surface area contributed by atoms with Crippen molar-refractivity contribution in [1.29, 1.82) is 0 Å². The number of hydrogen-bond donors (Lipinski definition) is 0. The fraction of sp³-hybridized carbons (Fsp3) is 0.474. The van der Waals surface area contributed by atoms with Gasteiger partial charge >= 0.3 is 0 Å². The molecule has 0 saturated carbocycles. The van der Waals surface area contributed by atoms with Gasteiger partial charge in [0, 0.05) is 26.3 Å². The van der Waals surface area contributed by atoms with Gasteiger partial charge in [-0.25, -0.2) is 4.98 Å². The van der Waals surface area contributed by atoms with Gasteiger partial charge in [-0.15, -0.1) is 0 Å². The fourth-order valence-electron chi connectivity index (χ4n) is 3.10. The predicted molar refractivity (Wildman–Crippen MR) is 94.2 cm³/mol. The van der Waals surface area contributed by atoms with Crippen molar-refractivity contribution in [3.05, 3.63) is 47.5 Å². The third kappa shape index (κ3) is 3.96. The minimum absolute atomic E-state index is 0.0426. The number of carbonyl (C=O) groups is 1. The minimum atomic E-state index is -0.0426. The fourth-order valence-corrected chi connectivity index (χ4v) is 3.10. The number of hydrogen-bond acceptors (Lipinski definition) is 4. The molecule has 24 heavy (non-hydrogen) atoms. The SMILES string of the molecule is Cc1ccc(CN(C)C(=O)c2ccc(N3CCCCCC3)nc2)o1. The molecule has 0 radical (unpaired) electrons. The zero-order valence-corrected chi connectivity index (χ0v) is 14.5. The molecule has 1 aliphatic rings. The Morgan fingerprint density at radius 1 is 1.17 bits per heavy atom. The molecule has 0 aromatic carbocycles. The molecule has 1 aliphatic heterocycles. The average molecular weight is 327 g/mol. The van der Waals surface area contributed by atoms with Gasteiger partial charge in [0.15, 0.2) is 0 Å². The molecule has 3 heterocycles. The monoisotopic (exact) mass is 327 g/mol. The van der Waals surface area contributed by atoms with Crippen molar-refractivity contribution in [1.82, 2.24) is 9.88 Å². The lowest BCUT2D eigenvalue weighted by atomic mass is 10.2. The molecule has 0 spiro atoms. The van der Waals surface area contributed by atoms with Gasteiger partial charge < -0.3 is 14.2 Å². The van der Waals surface area contributed by atoms with Gasteiger partial charge in [0.1, 0.15) is 17.3 Å². The van der Waals surface area contributed by atoms with Crippen molar-refractivity contribution < 1.29 is 9.21 Å². The third-order valence-electron chi connectivity index (χ3n) is 4.46. The van der Waals surface area contributed by atoms with Gasteiger partial charge in [-0.2, -0.15) is 0 Å². The van der Waals surface area contributed by atoms with E-state index >= 15 is 0 Å². The smallest absolute Gasteiger partial charge is 0.255 e. The summed E-state index contributed by atoms with van der Waals surface area (Å²) >= 11 is 0. The first-order valence-electron chi connectivity index (χ1n) is 8.65. The Bertz CT molecular complexity index is 670. The molecule has 2 aromatic rings. The second-order valence-electron chi connectivity index (χ2n) is 6.48. The van der Waals surface area contributed by atoms with Crippen molar-refractivity contribution in [3.63, 3.8) is 0 Å². The van der Waals surface area contributed by atoms with Crippen LogP contribution in [0.1, 0.15) is 47.6 Å². The number of rotatable bonds is 4. The normalized spacial score (nSPS) is 15.2. The molecule has 2 aromatic heterocycles. The molecule has 1 saturated heterocycles. The van der Waals surface area contributed by atoms with Gasteiger partial charge in [-0.05, 0) is 44.0 Å². The highest BCUT2D eigenvalue weighted by Gasteiger charge is 2.16. The van der Waals surface area contributed by atoms with Crippen LogP contribution in [-0.4, -0.2) is 35.9 Å². The number of amides is 1. The van der Waals surface area contributed by atoms with Crippen LogP contribution >= 0.6 is 0 Å². The first kappa shape index (κ1) is 16.6. The Balaban J connectivity index is 1.64. The number of carbonyl (C=O) groups excluding carboxylic acids is 1. The summed E-state index contributed by atoms with van der Waals surface area (Å²) in [5.74, 6) is 2.57. The largest absolute Gasteiger partial charge is 0.464 e. The summed E-state index contributed by atoms with van der Waals surface area (Å²) < 4.78 is 5.53. The van der Waals surface area contributed by atoms with E-state index in [1.54, 1.807) is 18.1 Å². The quantitative estimate of drug-likeness (QED) is 0.860. The molecule has 0 atom stereocenters. The lowest BCUT2D eigenvalue weighted by Gasteiger charge is -2.22. The van der Waals surface area contributed by atoms with E-state index < -0.39 is 0 Å². The summed E-state index contributed by atoms with van der Waals surface area (Å²) in [5.41, 5.74) is 0.611. The number of aryl methyl sites for hydroxylation is 1. The second-order valence-corrected chi connectivity index (χ2v) is 6.48. The van der Waals surface area contributed by atoms with E-state index in [1.807, 2.05) is 31.2 Å². The molecule has 1 fully saturated rings. The van der Waals surface area contributed by atoms with Gasteiger partial charge in [0.05, 0.1) is 12.1 Å². The van der Waals surface area contributed by atoms with Crippen molar-refractivity contribution in [3.8, 4) is 0 Å². The van der Waals surface area contributed by atoms with Crippen molar-refractivity contribution in [2.24, 2.45) is 0 Å². The highest BCUT2D eigenvalue weighted by atomic mass is 16.3. The average Bonchev–Trinajstić information content (AvgIpc) is 2.84. The highest BCUT2D eigenvalue weighted by molar-refractivity contribution is 5.93. The van der Waals surface area contributed by atoms with Gasteiger partial charge in [-0.1, -0.05) is 12.8 Å².